The molecule has 0 atom stereocenters. The van der Waals surface area contributed by atoms with Gasteiger partial charge >= 0.3 is 0 Å². The fraction of sp³-hybridized carbons (Fsp3) is 0.583. The van der Waals surface area contributed by atoms with Crippen molar-refractivity contribution in [1.29, 1.82) is 0 Å². The van der Waals surface area contributed by atoms with Crippen molar-refractivity contribution in [3.05, 3.63) is 12.3 Å². The molecule has 0 bridgehead atoms. The number of hydrogen-bond acceptors (Lipinski definition) is 4. The van der Waals surface area contributed by atoms with E-state index >= 15 is 0 Å². The second-order valence-electron chi connectivity index (χ2n) is 5.06. The molecule has 0 radical (unpaired) electrons. The van der Waals surface area contributed by atoms with Gasteiger partial charge in [-0.2, -0.15) is 0 Å². The lowest BCUT2D eigenvalue weighted by atomic mass is 10.2. The predicted molar refractivity (Wildman–Crippen MR) is 62.7 cm³/mol. The maximum Gasteiger partial charge on any atom is 0.204 e. The van der Waals surface area contributed by atoms with E-state index in [0.717, 1.165) is 12.8 Å². The molecule has 0 saturated heterocycles. The highest BCUT2D eigenvalue weighted by atomic mass is 16.5. The topological polar surface area (TPSA) is 57.4 Å². The summed E-state index contributed by atoms with van der Waals surface area (Å²) in [6, 6.07) is 1.80. The zero-order valence-corrected chi connectivity index (χ0v) is 9.99. The van der Waals surface area contributed by atoms with Crippen LogP contribution in [0.3, 0.4) is 0 Å². The Kier molecular flexibility index (Phi) is 2.66. The molecule has 4 heteroatoms. The van der Waals surface area contributed by atoms with E-state index < -0.39 is 0 Å². The van der Waals surface area contributed by atoms with E-state index in [1.807, 2.05) is 20.8 Å². The van der Waals surface area contributed by atoms with E-state index in [1.165, 1.54) is 0 Å². The summed E-state index contributed by atoms with van der Waals surface area (Å²) in [5.74, 6) is 1.64. The third-order valence-corrected chi connectivity index (χ3v) is 2.12. The monoisotopic (exact) mass is 222 g/mol. The first kappa shape index (κ1) is 11.0. The molecule has 0 spiro atoms. The van der Waals surface area contributed by atoms with E-state index in [0.29, 0.717) is 23.4 Å². The Labute approximate surface area is 95.8 Å². The highest BCUT2D eigenvalue weighted by Gasteiger charge is 2.27. The molecule has 0 amide bonds. The summed E-state index contributed by atoms with van der Waals surface area (Å²) in [6.07, 6.45) is 4.18. The van der Waals surface area contributed by atoms with Crippen molar-refractivity contribution in [2.45, 2.75) is 45.3 Å². The van der Waals surface area contributed by atoms with Crippen molar-refractivity contribution in [3.8, 4) is 11.5 Å². The van der Waals surface area contributed by atoms with E-state index in [1.54, 1.807) is 12.3 Å². The van der Waals surface area contributed by atoms with E-state index in [4.69, 9.17) is 15.2 Å². The molecule has 0 aliphatic heterocycles. The van der Waals surface area contributed by atoms with E-state index in [9.17, 15) is 0 Å². The normalized spacial score (nSPS) is 15.9. The minimum absolute atomic E-state index is 0.307. The van der Waals surface area contributed by atoms with Gasteiger partial charge in [-0.1, -0.05) is 0 Å². The number of nitrogens with zero attached hydrogens (tertiary/aromatic N) is 1. The van der Waals surface area contributed by atoms with Crippen molar-refractivity contribution in [3.63, 3.8) is 0 Å². The Balaban J connectivity index is 2.24. The second kappa shape index (κ2) is 3.85. The third kappa shape index (κ3) is 2.78. The molecule has 0 aromatic carbocycles. The van der Waals surface area contributed by atoms with Crippen molar-refractivity contribution in [1.82, 2.24) is 4.98 Å². The number of hydrogen-bond donors (Lipinski definition) is 1. The first-order valence-corrected chi connectivity index (χ1v) is 5.56. The lowest BCUT2D eigenvalue weighted by molar-refractivity contribution is 0.123. The zero-order valence-electron chi connectivity index (χ0n) is 9.99. The number of aromatic nitrogens is 1. The van der Waals surface area contributed by atoms with Crippen LogP contribution in [0, 0.1) is 0 Å². The smallest absolute Gasteiger partial charge is 0.204 e. The molecule has 1 heterocycles. The summed E-state index contributed by atoms with van der Waals surface area (Å²) in [5.41, 5.74) is 5.50. The average Bonchev–Trinajstić information content (AvgIpc) is 2.93. The maximum absolute atomic E-state index is 5.81. The molecule has 2 N–H and O–H groups in total. The summed E-state index contributed by atoms with van der Waals surface area (Å²) < 4.78 is 11.5. The van der Waals surface area contributed by atoms with Gasteiger partial charge in [0, 0.05) is 12.3 Å². The molecule has 1 aliphatic rings. The number of nitrogens with two attached hydrogens (primary N) is 1. The molecule has 1 aromatic rings. The van der Waals surface area contributed by atoms with Crippen LogP contribution in [0.2, 0.25) is 0 Å². The Morgan fingerprint density at radius 2 is 2.06 bits per heavy atom. The van der Waals surface area contributed by atoms with Gasteiger partial charge in [-0.25, -0.2) is 4.98 Å². The number of ether oxygens (including phenoxy) is 2. The summed E-state index contributed by atoms with van der Waals surface area (Å²) in [6.45, 7) is 5.92. The number of nitrogen functional groups attached to an aromatic ring is 1. The Morgan fingerprint density at radius 1 is 1.38 bits per heavy atom. The molecule has 4 nitrogen and oxygen atoms in total. The van der Waals surface area contributed by atoms with Crippen molar-refractivity contribution in [2.24, 2.45) is 0 Å². The quantitative estimate of drug-likeness (QED) is 0.853. The van der Waals surface area contributed by atoms with Gasteiger partial charge in [-0.3, -0.25) is 0 Å². The van der Waals surface area contributed by atoms with Gasteiger partial charge in [0.25, 0.3) is 0 Å². The molecule has 1 fully saturated rings. The van der Waals surface area contributed by atoms with Crippen LogP contribution in [0.4, 0.5) is 5.82 Å². The number of pyridine rings is 1. The highest BCUT2D eigenvalue weighted by Crippen LogP contribution is 2.37. The van der Waals surface area contributed by atoms with Crippen LogP contribution in [0.5, 0.6) is 11.5 Å². The molecular formula is C12H18N2O2. The summed E-state index contributed by atoms with van der Waals surface area (Å²) in [4.78, 5) is 4.02. The van der Waals surface area contributed by atoms with Crippen LogP contribution in [-0.4, -0.2) is 16.7 Å². The SMILES string of the molecule is CC(C)(C)Oc1c(OC2CC2)ccnc1N. The average molecular weight is 222 g/mol. The summed E-state index contributed by atoms with van der Waals surface area (Å²) in [7, 11) is 0. The molecule has 1 aliphatic carbocycles. The van der Waals surface area contributed by atoms with Crippen LogP contribution in [0.15, 0.2) is 12.3 Å². The van der Waals surface area contributed by atoms with Crippen LogP contribution in [0.1, 0.15) is 33.6 Å². The fourth-order valence-electron chi connectivity index (χ4n) is 1.31. The van der Waals surface area contributed by atoms with Crippen molar-refractivity contribution < 1.29 is 9.47 Å². The minimum atomic E-state index is -0.307. The first-order chi connectivity index (χ1) is 7.46. The third-order valence-electron chi connectivity index (χ3n) is 2.12. The van der Waals surface area contributed by atoms with Gasteiger partial charge in [0.05, 0.1) is 6.10 Å². The van der Waals surface area contributed by atoms with Crippen LogP contribution >= 0.6 is 0 Å². The van der Waals surface area contributed by atoms with E-state index in [2.05, 4.69) is 4.98 Å². The van der Waals surface area contributed by atoms with Crippen LogP contribution in [0.25, 0.3) is 0 Å². The molecule has 1 saturated carbocycles. The molecule has 88 valence electrons. The maximum atomic E-state index is 5.81. The Bertz CT molecular complexity index is 381. The van der Waals surface area contributed by atoms with Gasteiger partial charge in [0.2, 0.25) is 5.75 Å². The summed E-state index contributed by atoms with van der Waals surface area (Å²) in [5, 5.41) is 0. The highest BCUT2D eigenvalue weighted by molar-refractivity contribution is 5.55. The standard InChI is InChI=1S/C12H18N2O2/c1-12(2,3)16-10-9(15-8-4-5-8)6-7-14-11(10)13/h6-8H,4-5H2,1-3H3,(H2,13,14). The molecule has 16 heavy (non-hydrogen) atoms. The fourth-order valence-corrected chi connectivity index (χ4v) is 1.31. The molecule has 0 unspecified atom stereocenters. The summed E-state index contributed by atoms with van der Waals surface area (Å²) >= 11 is 0. The van der Waals surface area contributed by atoms with Gasteiger partial charge in [0.1, 0.15) is 5.60 Å². The molecule has 2 rings (SSSR count). The van der Waals surface area contributed by atoms with Crippen LogP contribution < -0.4 is 15.2 Å². The largest absolute Gasteiger partial charge is 0.486 e. The molecule has 1 aromatic heterocycles. The Hall–Kier alpha value is -1.45. The van der Waals surface area contributed by atoms with Crippen molar-refractivity contribution in [2.75, 3.05) is 5.73 Å². The van der Waals surface area contributed by atoms with Gasteiger partial charge < -0.3 is 15.2 Å². The first-order valence-electron chi connectivity index (χ1n) is 5.56. The van der Waals surface area contributed by atoms with Gasteiger partial charge in [0.15, 0.2) is 11.6 Å². The predicted octanol–water partition coefficient (Wildman–Crippen LogP) is 2.38. The lowest BCUT2D eigenvalue weighted by Crippen LogP contribution is -2.24. The van der Waals surface area contributed by atoms with Gasteiger partial charge in [-0.05, 0) is 33.6 Å². The number of rotatable bonds is 3. The van der Waals surface area contributed by atoms with Gasteiger partial charge in [-0.15, -0.1) is 0 Å². The lowest BCUT2D eigenvalue weighted by Gasteiger charge is -2.23. The Morgan fingerprint density at radius 3 is 2.62 bits per heavy atom. The van der Waals surface area contributed by atoms with Crippen molar-refractivity contribution >= 4 is 5.82 Å². The zero-order chi connectivity index (χ0) is 11.8. The second-order valence-corrected chi connectivity index (χ2v) is 5.06. The van der Waals surface area contributed by atoms with E-state index in [-0.39, 0.29) is 5.60 Å². The minimum Gasteiger partial charge on any atom is -0.486 e. The molecular weight excluding hydrogens is 204 g/mol. The number of anilines is 1. The van der Waals surface area contributed by atoms with Crippen LogP contribution in [-0.2, 0) is 0 Å².